The van der Waals surface area contributed by atoms with E-state index in [0.717, 1.165) is 25.7 Å². The van der Waals surface area contributed by atoms with Gasteiger partial charge in [-0.25, -0.2) is 0 Å². The predicted octanol–water partition coefficient (Wildman–Crippen LogP) is 1.55. The fourth-order valence-corrected chi connectivity index (χ4v) is 2.65. The Balaban J connectivity index is 1.78. The van der Waals surface area contributed by atoms with Gasteiger partial charge in [0.1, 0.15) is 0 Å². The molecule has 0 aromatic rings. The van der Waals surface area contributed by atoms with Crippen molar-refractivity contribution in [3.05, 3.63) is 0 Å². The smallest absolute Gasteiger partial charge is 0.308 e. The molecule has 2 aliphatic rings. The number of carboxylic acid groups (broad SMARTS) is 1. The molecule has 4 nitrogen and oxygen atoms in total. The van der Waals surface area contributed by atoms with Crippen LogP contribution in [-0.2, 0) is 9.59 Å². The molecule has 2 aliphatic carbocycles. The quantitative estimate of drug-likeness (QED) is 0.762. The summed E-state index contributed by atoms with van der Waals surface area (Å²) >= 11 is 0. The van der Waals surface area contributed by atoms with E-state index in [-0.39, 0.29) is 17.9 Å². The Morgan fingerprint density at radius 3 is 2.38 bits per heavy atom. The maximum absolute atomic E-state index is 11.7. The second-order valence-electron chi connectivity index (χ2n) is 5.05. The highest BCUT2D eigenvalue weighted by Crippen LogP contribution is 2.30. The summed E-state index contributed by atoms with van der Waals surface area (Å²) in [4.78, 5) is 22.6. The first-order valence-corrected chi connectivity index (χ1v) is 6.19. The van der Waals surface area contributed by atoms with Crippen LogP contribution in [-0.4, -0.2) is 23.0 Å². The molecule has 0 bridgehead atoms. The molecular weight excluding hydrogens is 206 g/mol. The van der Waals surface area contributed by atoms with Gasteiger partial charge in [-0.3, -0.25) is 9.59 Å². The molecule has 2 saturated carbocycles. The SMILES string of the molecule is O=C(CC1CCC1)N[C@H]1CCC[C@H]1C(=O)O. The molecule has 0 aromatic heterocycles. The lowest BCUT2D eigenvalue weighted by atomic mass is 9.83. The Morgan fingerprint density at radius 2 is 1.81 bits per heavy atom. The Bertz CT molecular complexity index is 286. The highest BCUT2D eigenvalue weighted by molar-refractivity contribution is 5.78. The van der Waals surface area contributed by atoms with Crippen molar-refractivity contribution in [2.45, 2.75) is 51.0 Å². The zero-order valence-electron chi connectivity index (χ0n) is 9.45. The maximum Gasteiger partial charge on any atom is 0.308 e. The number of carbonyl (C=O) groups is 2. The summed E-state index contributed by atoms with van der Waals surface area (Å²) in [7, 11) is 0. The predicted molar refractivity (Wildman–Crippen MR) is 58.9 cm³/mol. The number of nitrogens with one attached hydrogen (secondary N) is 1. The van der Waals surface area contributed by atoms with Gasteiger partial charge in [-0.1, -0.05) is 12.8 Å². The van der Waals surface area contributed by atoms with Crippen LogP contribution in [0.5, 0.6) is 0 Å². The molecule has 0 heterocycles. The minimum atomic E-state index is -0.772. The second kappa shape index (κ2) is 4.85. The van der Waals surface area contributed by atoms with Crippen molar-refractivity contribution in [1.82, 2.24) is 5.32 Å². The topological polar surface area (TPSA) is 66.4 Å². The van der Waals surface area contributed by atoms with Crippen LogP contribution in [0, 0.1) is 11.8 Å². The molecule has 2 N–H and O–H groups in total. The Hall–Kier alpha value is -1.06. The summed E-state index contributed by atoms with van der Waals surface area (Å²) in [5.74, 6) is -0.552. The molecule has 90 valence electrons. The highest BCUT2D eigenvalue weighted by atomic mass is 16.4. The number of amides is 1. The van der Waals surface area contributed by atoms with Gasteiger partial charge < -0.3 is 10.4 Å². The molecular formula is C12H19NO3. The standard InChI is InChI=1S/C12H19NO3/c14-11(7-8-3-1-4-8)13-10-6-2-5-9(10)12(15)16/h8-10H,1-7H2,(H,13,14)(H,15,16)/t9-,10+/m1/s1. The first-order chi connectivity index (χ1) is 7.66. The zero-order chi connectivity index (χ0) is 11.5. The summed E-state index contributed by atoms with van der Waals surface area (Å²) in [6, 6.07) is -0.134. The summed E-state index contributed by atoms with van der Waals surface area (Å²) in [5.41, 5.74) is 0. The number of hydrogen-bond acceptors (Lipinski definition) is 2. The third-order valence-corrected chi connectivity index (χ3v) is 3.88. The van der Waals surface area contributed by atoms with Crippen molar-refractivity contribution in [2.24, 2.45) is 11.8 Å². The Labute approximate surface area is 95.4 Å². The first kappa shape index (κ1) is 11.4. The molecule has 0 aliphatic heterocycles. The van der Waals surface area contributed by atoms with Crippen LogP contribution in [0.3, 0.4) is 0 Å². The van der Waals surface area contributed by atoms with E-state index < -0.39 is 5.97 Å². The minimum Gasteiger partial charge on any atom is -0.481 e. The van der Waals surface area contributed by atoms with Crippen LogP contribution in [0.4, 0.5) is 0 Å². The molecule has 4 heteroatoms. The molecule has 0 spiro atoms. The van der Waals surface area contributed by atoms with E-state index >= 15 is 0 Å². The van der Waals surface area contributed by atoms with E-state index in [4.69, 9.17) is 5.11 Å². The lowest BCUT2D eigenvalue weighted by molar-refractivity contribution is -0.142. The summed E-state index contributed by atoms with van der Waals surface area (Å²) in [5, 5.41) is 11.9. The molecule has 0 radical (unpaired) electrons. The van der Waals surface area contributed by atoms with Gasteiger partial charge in [0.25, 0.3) is 0 Å². The minimum absolute atomic E-state index is 0.0443. The van der Waals surface area contributed by atoms with Gasteiger partial charge in [-0.2, -0.15) is 0 Å². The van der Waals surface area contributed by atoms with Gasteiger partial charge in [0.2, 0.25) is 5.91 Å². The van der Waals surface area contributed by atoms with Crippen molar-refractivity contribution in [1.29, 1.82) is 0 Å². The van der Waals surface area contributed by atoms with Crippen molar-refractivity contribution < 1.29 is 14.7 Å². The van der Waals surface area contributed by atoms with E-state index in [1.807, 2.05) is 0 Å². The Kier molecular flexibility index (Phi) is 3.46. The monoisotopic (exact) mass is 225 g/mol. The van der Waals surface area contributed by atoms with Gasteiger partial charge >= 0.3 is 5.97 Å². The summed E-state index contributed by atoms with van der Waals surface area (Å²) in [6.45, 7) is 0. The first-order valence-electron chi connectivity index (χ1n) is 6.19. The number of carboxylic acids is 1. The van der Waals surface area contributed by atoms with E-state index in [9.17, 15) is 9.59 Å². The third kappa shape index (κ3) is 2.54. The molecule has 2 atom stereocenters. The van der Waals surface area contributed by atoms with E-state index in [1.54, 1.807) is 0 Å². The van der Waals surface area contributed by atoms with E-state index in [0.29, 0.717) is 18.8 Å². The van der Waals surface area contributed by atoms with Crippen molar-refractivity contribution in [3.63, 3.8) is 0 Å². The summed E-state index contributed by atoms with van der Waals surface area (Å²) < 4.78 is 0. The molecule has 0 saturated heterocycles. The Morgan fingerprint density at radius 1 is 1.12 bits per heavy atom. The van der Waals surface area contributed by atoms with E-state index in [2.05, 4.69) is 5.32 Å². The van der Waals surface area contributed by atoms with Gasteiger partial charge in [0.15, 0.2) is 0 Å². The number of rotatable bonds is 4. The highest BCUT2D eigenvalue weighted by Gasteiger charge is 2.34. The maximum atomic E-state index is 11.7. The van der Waals surface area contributed by atoms with Crippen LogP contribution in [0.25, 0.3) is 0 Å². The zero-order valence-corrected chi connectivity index (χ0v) is 9.45. The number of aliphatic carboxylic acids is 1. The van der Waals surface area contributed by atoms with Gasteiger partial charge in [-0.05, 0) is 31.6 Å². The lowest BCUT2D eigenvalue weighted by Gasteiger charge is -2.26. The van der Waals surface area contributed by atoms with E-state index in [1.165, 1.54) is 6.42 Å². The average molecular weight is 225 g/mol. The van der Waals surface area contributed by atoms with Crippen molar-refractivity contribution in [3.8, 4) is 0 Å². The molecule has 16 heavy (non-hydrogen) atoms. The van der Waals surface area contributed by atoms with Crippen LogP contribution in [0.2, 0.25) is 0 Å². The molecule has 2 rings (SSSR count). The average Bonchev–Trinajstić information content (AvgIpc) is 2.59. The lowest BCUT2D eigenvalue weighted by Crippen LogP contribution is -2.41. The van der Waals surface area contributed by atoms with Crippen LogP contribution < -0.4 is 5.32 Å². The molecule has 0 aromatic carbocycles. The van der Waals surface area contributed by atoms with Crippen molar-refractivity contribution >= 4 is 11.9 Å². The largest absolute Gasteiger partial charge is 0.481 e. The van der Waals surface area contributed by atoms with Crippen LogP contribution in [0.15, 0.2) is 0 Å². The van der Waals surface area contributed by atoms with Gasteiger partial charge in [0, 0.05) is 12.5 Å². The number of carbonyl (C=O) groups excluding carboxylic acids is 1. The molecule has 1 amide bonds. The molecule has 0 unspecified atom stereocenters. The fourth-order valence-electron chi connectivity index (χ4n) is 2.65. The second-order valence-corrected chi connectivity index (χ2v) is 5.05. The van der Waals surface area contributed by atoms with Gasteiger partial charge in [-0.15, -0.1) is 0 Å². The molecule has 2 fully saturated rings. The van der Waals surface area contributed by atoms with Crippen LogP contribution >= 0.6 is 0 Å². The summed E-state index contributed by atoms with van der Waals surface area (Å²) in [6.07, 6.45) is 6.55. The van der Waals surface area contributed by atoms with Gasteiger partial charge in [0.05, 0.1) is 5.92 Å². The fraction of sp³-hybridized carbons (Fsp3) is 0.833. The van der Waals surface area contributed by atoms with Crippen molar-refractivity contribution in [2.75, 3.05) is 0 Å². The normalized spacial score (nSPS) is 29.8. The third-order valence-electron chi connectivity index (χ3n) is 3.88. The van der Waals surface area contributed by atoms with Crippen LogP contribution in [0.1, 0.15) is 44.9 Å². The number of hydrogen-bond donors (Lipinski definition) is 2.